The van der Waals surface area contributed by atoms with E-state index in [9.17, 15) is 9.59 Å². The fourth-order valence-corrected chi connectivity index (χ4v) is 3.21. The largest absolute Gasteiger partial charge is 0.489 e. The van der Waals surface area contributed by atoms with Crippen LogP contribution in [0.15, 0.2) is 60.3 Å². The van der Waals surface area contributed by atoms with Gasteiger partial charge in [-0.15, -0.1) is 0 Å². The van der Waals surface area contributed by atoms with Gasteiger partial charge < -0.3 is 20.3 Å². The molecule has 1 aromatic rings. The average molecular weight is 353 g/mol. The molecule has 1 aromatic carbocycles. The van der Waals surface area contributed by atoms with E-state index in [2.05, 4.69) is 23.3 Å². The van der Waals surface area contributed by atoms with Gasteiger partial charge in [0.05, 0.1) is 11.6 Å². The highest BCUT2D eigenvalue weighted by molar-refractivity contribution is 5.98. The van der Waals surface area contributed by atoms with Gasteiger partial charge in [-0.3, -0.25) is 4.79 Å². The van der Waals surface area contributed by atoms with Gasteiger partial charge in [0.15, 0.2) is 0 Å². The number of benzene rings is 1. The number of para-hydroxylation sites is 1. The third-order valence-electron chi connectivity index (χ3n) is 4.43. The Bertz CT molecular complexity index is 782. The monoisotopic (exact) mass is 353 g/mol. The summed E-state index contributed by atoms with van der Waals surface area (Å²) in [6.45, 7) is 7.01. The number of ether oxygens (including phenoxy) is 1. The summed E-state index contributed by atoms with van der Waals surface area (Å²) in [7, 11) is 0. The van der Waals surface area contributed by atoms with Crippen LogP contribution in [0.2, 0.25) is 0 Å². The molecule has 2 heterocycles. The lowest BCUT2D eigenvalue weighted by molar-refractivity contribution is -0.127. The lowest BCUT2D eigenvalue weighted by Gasteiger charge is -2.33. The molecule has 3 amide bonds. The van der Waals surface area contributed by atoms with Crippen LogP contribution in [-0.4, -0.2) is 36.5 Å². The highest BCUT2D eigenvalue weighted by Crippen LogP contribution is 2.34. The number of amides is 3. The van der Waals surface area contributed by atoms with Crippen LogP contribution in [0.3, 0.4) is 0 Å². The van der Waals surface area contributed by atoms with Crippen LogP contribution < -0.4 is 15.4 Å². The predicted octanol–water partition coefficient (Wildman–Crippen LogP) is 2.67. The summed E-state index contributed by atoms with van der Waals surface area (Å²) >= 11 is 0. The third kappa shape index (κ3) is 3.64. The molecule has 0 aromatic heterocycles. The molecule has 136 valence electrons. The molecular weight excluding hydrogens is 330 g/mol. The molecule has 0 spiro atoms. The van der Waals surface area contributed by atoms with Crippen molar-refractivity contribution in [2.45, 2.75) is 19.4 Å². The van der Waals surface area contributed by atoms with E-state index in [-0.39, 0.29) is 11.9 Å². The van der Waals surface area contributed by atoms with E-state index in [1.165, 1.54) is 0 Å². The summed E-state index contributed by atoms with van der Waals surface area (Å²) in [6.07, 6.45) is 6.55. The van der Waals surface area contributed by atoms with Gasteiger partial charge in [-0.05, 0) is 19.4 Å². The normalized spacial score (nSPS) is 19.7. The molecule has 0 saturated heterocycles. The lowest BCUT2D eigenvalue weighted by Crippen LogP contribution is -2.48. The Morgan fingerprint density at radius 2 is 2.19 bits per heavy atom. The Labute approximate surface area is 153 Å². The molecule has 0 radical (unpaired) electrons. The number of rotatable bonds is 5. The van der Waals surface area contributed by atoms with E-state index in [1.807, 2.05) is 30.3 Å². The molecule has 3 rings (SSSR count). The van der Waals surface area contributed by atoms with E-state index in [0.29, 0.717) is 36.7 Å². The highest BCUT2D eigenvalue weighted by Gasteiger charge is 2.34. The molecule has 0 saturated carbocycles. The summed E-state index contributed by atoms with van der Waals surface area (Å²) in [4.78, 5) is 27.0. The molecule has 0 aliphatic carbocycles. The Morgan fingerprint density at radius 1 is 1.38 bits per heavy atom. The van der Waals surface area contributed by atoms with Gasteiger partial charge in [0.25, 0.3) is 5.91 Å². The van der Waals surface area contributed by atoms with Gasteiger partial charge in [-0.25, -0.2) is 4.79 Å². The second kappa shape index (κ2) is 7.91. The van der Waals surface area contributed by atoms with Crippen LogP contribution >= 0.6 is 0 Å². The lowest BCUT2D eigenvalue weighted by atomic mass is 9.93. The van der Waals surface area contributed by atoms with Crippen molar-refractivity contribution in [2.75, 3.05) is 19.7 Å². The zero-order chi connectivity index (χ0) is 18.5. The maximum Gasteiger partial charge on any atom is 0.319 e. The van der Waals surface area contributed by atoms with E-state index in [0.717, 1.165) is 12.0 Å². The molecule has 1 atom stereocenters. The van der Waals surface area contributed by atoms with E-state index in [4.69, 9.17) is 4.74 Å². The summed E-state index contributed by atoms with van der Waals surface area (Å²) < 4.78 is 5.74. The SMILES string of the molecule is C=CCOc1ccccc1[C@H]1NC(=O)NC(C)=C1C(=O)N1CC=CCC1. The quantitative estimate of drug-likeness (QED) is 0.800. The van der Waals surface area contributed by atoms with Crippen LogP contribution in [0.4, 0.5) is 4.79 Å². The number of carbonyl (C=O) groups excluding carboxylic acids is 2. The third-order valence-corrected chi connectivity index (χ3v) is 4.43. The first-order chi connectivity index (χ1) is 12.6. The van der Waals surface area contributed by atoms with Crippen molar-refractivity contribution >= 4 is 11.9 Å². The minimum atomic E-state index is -0.567. The molecule has 26 heavy (non-hydrogen) atoms. The van der Waals surface area contributed by atoms with Crippen LogP contribution in [0.5, 0.6) is 5.75 Å². The van der Waals surface area contributed by atoms with Crippen LogP contribution in [0.25, 0.3) is 0 Å². The van der Waals surface area contributed by atoms with Crippen molar-refractivity contribution in [3.63, 3.8) is 0 Å². The molecule has 0 unspecified atom stereocenters. The Kier molecular flexibility index (Phi) is 5.41. The smallest absolute Gasteiger partial charge is 0.319 e. The average Bonchev–Trinajstić information content (AvgIpc) is 2.66. The molecular formula is C20H23N3O3. The Morgan fingerprint density at radius 3 is 2.92 bits per heavy atom. The molecule has 6 nitrogen and oxygen atoms in total. The number of urea groups is 1. The zero-order valence-corrected chi connectivity index (χ0v) is 14.8. The van der Waals surface area contributed by atoms with E-state index < -0.39 is 6.04 Å². The minimum Gasteiger partial charge on any atom is -0.489 e. The summed E-state index contributed by atoms with van der Waals surface area (Å²) in [5.74, 6) is 0.541. The number of allylic oxidation sites excluding steroid dienone is 1. The van der Waals surface area contributed by atoms with Crippen molar-refractivity contribution in [1.82, 2.24) is 15.5 Å². The molecule has 6 heteroatoms. The second-order valence-corrected chi connectivity index (χ2v) is 6.22. The maximum absolute atomic E-state index is 13.2. The summed E-state index contributed by atoms with van der Waals surface area (Å²) in [5, 5.41) is 5.59. The van der Waals surface area contributed by atoms with E-state index >= 15 is 0 Å². The molecule has 2 aliphatic heterocycles. The summed E-state index contributed by atoms with van der Waals surface area (Å²) in [5.41, 5.74) is 1.85. The predicted molar refractivity (Wildman–Crippen MR) is 99.6 cm³/mol. The highest BCUT2D eigenvalue weighted by atomic mass is 16.5. The van der Waals surface area contributed by atoms with Crippen molar-refractivity contribution in [3.05, 3.63) is 65.9 Å². The topological polar surface area (TPSA) is 70.7 Å². The second-order valence-electron chi connectivity index (χ2n) is 6.22. The van der Waals surface area contributed by atoms with Crippen molar-refractivity contribution in [3.8, 4) is 5.75 Å². The van der Waals surface area contributed by atoms with Crippen LogP contribution in [0, 0.1) is 0 Å². The van der Waals surface area contributed by atoms with Crippen molar-refractivity contribution < 1.29 is 14.3 Å². The van der Waals surface area contributed by atoms with Crippen molar-refractivity contribution in [1.29, 1.82) is 0 Å². The van der Waals surface area contributed by atoms with Gasteiger partial charge in [0.1, 0.15) is 12.4 Å². The standard InChI is InChI=1S/C20H23N3O3/c1-3-13-26-16-10-6-5-9-15(16)18-17(14(2)21-20(25)22-18)19(24)23-11-7-4-8-12-23/h3-7,9-10,18H,1,8,11-13H2,2H3,(H2,21,22,25)/t18-/m1/s1. The first-order valence-electron chi connectivity index (χ1n) is 8.67. The van der Waals surface area contributed by atoms with Gasteiger partial charge in [-0.2, -0.15) is 0 Å². The Hall–Kier alpha value is -3.02. The van der Waals surface area contributed by atoms with E-state index in [1.54, 1.807) is 17.9 Å². The fourth-order valence-electron chi connectivity index (χ4n) is 3.21. The number of hydrogen-bond donors (Lipinski definition) is 2. The number of hydrogen-bond acceptors (Lipinski definition) is 3. The fraction of sp³-hybridized carbons (Fsp3) is 0.300. The summed E-state index contributed by atoms with van der Waals surface area (Å²) in [6, 6.07) is 6.52. The van der Waals surface area contributed by atoms with Gasteiger partial charge in [-0.1, -0.05) is 43.0 Å². The van der Waals surface area contributed by atoms with Gasteiger partial charge in [0.2, 0.25) is 0 Å². The van der Waals surface area contributed by atoms with Gasteiger partial charge >= 0.3 is 6.03 Å². The Balaban J connectivity index is 1.99. The number of nitrogens with zero attached hydrogens (tertiary/aromatic N) is 1. The first kappa shape index (κ1) is 17.8. The zero-order valence-electron chi connectivity index (χ0n) is 14.8. The molecule has 2 N–H and O–H groups in total. The van der Waals surface area contributed by atoms with Crippen molar-refractivity contribution in [2.24, 2.45) is 0 Å². The number of carbonyl (C=O) groups is 2. The molecule has 2 aliphatic rings. The van der Waals surface area contributed by atoms with Gasteiger partial charge in [0, 0.05) is 24.4 Å². The molecule has 0 fully saturated rings. The van der Waals surface area contributed by atoms with Crippen LogP contribution in [0.1, 0.15) is 24.9 Å². The molecule has 0 bridgehead atoms. The van der Waals surface area contributed by atoms with Crippen LogP contribution in [-0.2, 0) is 4.79 Å². The first-order valence-corrected chi connectivity index (χ1v) is 8.67. The minimum absolute atomic E-state index is 0.0807. The number of nitrogens with one attached hydrogen (secondary N) is 2. The maximum atomic E-state index is 13.2.